The summed E-state index contributed by atoms with van der Waals surface area (Å²) in [7, 11) is 0. The SMILES string of the molecule is O=C(Cc1cn2ccsc2n1)N1CCC(C(=O)N2CCCC2)CC1. The lowest BCUT2D eigenvalue weighted by Gasteiger charge is -2.33. The lowest BCUT2D eigenvalue weighted by atomic mass is 9.95. The number of fused-ring (bicyclic) bond motifs is 1. The van der Waals surface area contributed by atoms with Gasteiger partial charge in [0.15, 0.2) is 4.96 Å². The van der Waals surface area contributed by atoms with Crippen LogP contribution in [-0.4, -0.2) is 57.2 Å². The van der Waals surface area contributed by atoms with Crippen LogP contribution < -0.4 is 0 Å². The molecule has 4 heterocycles. The maximum absolute atomic E-state index is 12.5. The Labute approximate surface area is 145 Å². The Hall–Kier alpha value is -1.89. The van der Waals surface area contributed by atoms with E-state index >= 15 is 0 Å². The highest BCUT2D eigenvalue weighted by Gasteiger charge is 2.31. The zero-order valence-corrected chi connectivity index (χ0v) is 14.5. The summed E-state index contributed by atoms with van der Waals surface area (Å²) in [5.41, 5.74) is 0.821. The number of rotatable bonds is 3. The molecular formula is C17H22N4O2S. The third-order valence-electron chi connectivity index (χ3n) is 5.09. The summed E-state index contributed by atoms with van der Waals surface area (Å²) in [4.78, 5) is 34.2. The summed E-state index contributed by atoms with van der Waals surface area (Å²) in [5, 5.41) is 1.98. The second-order valence-corrected chi connectivity index (χ2v) is 7.56. The van der Waals surface area contributed by atoms with Crippen molar-refractivity contribution in [2.45, 2.75) is 32.1 Å². The number of hydrogen-bond acceptors (Lipinski definition) is 4. The molecule has 0 N–H and O–H groups in total. The number of carbonyl (C=O) groups excluding carboxylic acids is 2. The molecule has 2 aromatic heterocycles. The van der Waals surface area contributed by atoms with Crippen LogP contribution in [0.5, 0.6) is 0 Å². The van der Waals surface area contributed by atoms with E-state index in [9.17, 15) is 9.59 Å². The number of aromatic nitrogens is 2. The lowest BCUT2D eigenvalue weighted by molar-refractivity contribution is -0.139. The van der Waals surface area contributed by atoms with Crippen molar-refractivity contribution in [3.63, 3.8) is 0 Å². The molecule has 2 amide bonds. The zero-order chi connectivity index (χ0) is 16.5. The molecule has 0 spiro atoms. The number of thiazole rings is 1. The number of hydrogen-bond donors (Lipinski definition) is 0. The highest BCUT2D eigenvalue weighted by Crippen LogP contribution is 2.22. The van der Waals surface area contributed by atoms with Gasteiger partial charge in [-0.1, -0.05) is 0 Å². The maximum atomic E-state index is 12.5. The van der Waals surface area contributed by atoms with E-state index in [1.165, 1.54) is 0 Å². The minimum absolute atomic E-state index is 0.102. The first-order chi connectivity index (χ1) is 11.7. The number of piperidine rings is 1. The maximum Gasteiger partial charge on any atom is 0.228 e. The third-order valence-corrected chi connectivity index (χ3v) is 5.86. The standard InChI is InChI=1S/C17H22N4O2S/c22-15(11-14-12-21-9-10-24-17(21)18-14)19-7-3-13(4-8-19)16(23)20-5-1-2-6-20/h9-10,12-13H,1-8,11H2. The summed E-state index contributed by atoms with van der Waals surface area (Å²) >= 11 is 1.57. The monoisotopic (exact) mass is 346 g/mol. The molecule has 7 heteroatoms. The van der Waals surface area contributed by atoms with Crippen molar-refractivity contribution in [3.05, 3.63) is 23.5 Å². The number of carbonyl (C=O) groups is 2. The summed E-state index contributed by atoms with van der Waals surface area (Å²) in [6.45, 7) is 3.20. The number of nitrogens with zero attached hydrogens (tertiary/aromatic N) is 4. The fourth-order valence-corrected chi connectivity index (χ4v) is 4.42. The van der Waals surface area contributed by atoms with Crippen LogP contribution in [0.1, 0.15) is 31.4 Å². The van der Waals surface area contributed by atoms with Crippen LogP contribution in [-0.2, 0) is 16.0 Å². The fraction of sp³-hybridized carbons (Fsp3) is 0.588. The first-order valence-electron chi connectivity index (χ1n) is 8.68. The van der Waals surface area contributed by atoms with Gasteiger partial charge in [-0.25, -0.2) is 4.98 Å². The molecule has 4 rings (SSSR count). The fourth-order valence-electron chi connectivity index (χ4n) is 3.70. The van der Waals surface area contributed by atoms with Crippen LogP contribution in [0.4, 0.5) is 0 Å². The molecule has 0 saturated carbocycles. The van der Waals surface area contributed by atoms with Gasteiger partial charge in [0, 0.05) is 49.9 Å². The summed E-state index contributed by atoms with van der Waals surface area (Å²) in [5.74, 6) is 0.520. The predicted octanol–water partition coefficient (Wildman–Crippen LogP) is 1.80. The molecule has 2 saturated heterocycles. The van der Waals surface area contributed by atoms with Crippen LogP contribution >= 0.6 is 11.3 Å². The van der Waals surface area contributed by atoms with Gasteiger partial charge in [0.05, 0.1) is 12.1 Å². The molecule has 2 fully saturated rings. The summed E-state index contributed by atoms with van der Waals surface area (Å²) in [6, 6.07) is 0. The third kappa shape index (κ3) is 3.05. The molecule has 6 nitrogen and oxygen atoms in total. The lowest BCUT2D eigenvalue weighted by Crippen LogP contribution is -2.44. The van der Waals surface area contributed by atoms with Crippen LogP contribution in [0, 0.1) is 5.92 Å². The van der Waals surface area contributed by atoms with Gasteiger partial charge in [-0.3, -0.25) is 14.0 Å². The van der Waals surface area contributed by atoms with Gasteiger partial charge < -0.3 is 9.80 Å². The Morgan fingerprint density at radius 1 is 1.12 bits per heavy atom. The van der Waals surface area contributed by atoms with Gasteiger partial charge in [0.2, 0.25) is 11.8 Å². The Kier molecular flexibility index (Phi) is 4.26. The van der Waals surface area contributed by atoms with Crippen LogP contribution in [0.2, 0.25) is 0 Å². The van der Waals surface area contributed by atoms with Crippen molar-refractivity contribution in [2.75, 3.05) is 26.2 Å². The topological polar surface area (TPSA) is 57.9 Å². The minimum Gasteiger partial charge on any atom is -0.342 e. The Bertz CT molecular complexity index is 710. The quantitative estimate of drug-likeness (QED) is 0.851. The largest absolute Gasteiger partial charge is 0.342 e. The molecule has 2 aliphatic heterocycles. The molecule has 0 bridgehead atoms. The molecule has 24 heavy (non-hydrogen) atoms. The summed E-state index contributed by atoms with van der Waals surface area (Å²) < 4.78 is 1.95. The molecule has 128 valence electrons. The molecule has 0 unspecified atom stereocenters. The van der Waals surface area contributed by atoms with Gasteiger partial charge >= 0.3 is 0 Å². The molecule has 0 radical (unpaired) electrons. The van der Waals surface area contributed by atoms with E-state index < -0.39 is 0 Å². The molecule has 0 aliphatic carbocycles. The molecule has 2 aliphatic rings. The van der Waals surface area contributed by atoms with Gasteiger partial charge in [-0.15, -0.1) is 11.3 Å². The van der Waals surface area contributed by atoms with Crippen LogP contribution in [0.25, 0.3) is 4.96 Å². The van der Waals surface area contributed by atoms with Gasteiger partial charge in [-0.05, 0) is 25.7 Å². The van der Waals surface area contributed by atoms with Crippen molar-refractivity contribution in [3.8, 4) is 0 Å². The Morgan fingerprint density at radius 2 is 1.88 bits per heavy atom. The molecular weight excluding hydrogens is 324 g/mol. The zero-order valence-electron chi connectivity index (χ0n) is 13.7. The van der Waals surface area contributed by atoms with Crippen molar-refractivity contribution in [1.82, 2.24) is 19.2 Å². The number of imidazole rings is 1. The number of amides is 2. The van der Waals surface area contributed by atoms with E-state index in [0.717, 1.165) is 49.4 Å². The molecule has 2 aromatic rings. The average Bonchev–Trinajstić information content (AvgIpc) is 3.31. The first-order valence-corrected chi connectivity index (χ1v) is 9.56. The van der Waals surface area contributed by atoms with Crippen LogP contribution in [0.3, 0.4) is 0 Å². The van der Waals surface area contributed by atoms with Crippen LogP contribution in [0.15, 0.2) is 17.8 Å². The van der Waals surface area contributed by atoms with Crippen molar-refractivity contribution < 1.29 is 9.59 Å². The normalized spacial score (nSPS) is 19.3. The molecule has 0 aromatic carbocycles. The molecule has 0 atom stereocenters. The Morgan fingerprint density at radius 3 is 2.58 bits per heavy atom. The highest BCUT2D eigenvalue weighted by atomic mass is 32.1. The predicted molar refractivity (Wildman–Crippen MR) is 91.9 cm³/mol. The second-order valence-electron chi connectivity index (χ2n) is 6.69. The summed E-state index contributed by atoms with van der Waals surface area (Å²) in [6.07, 6.45) is 8.07. The smallest absolute Gasteiger partial charge is 0.228 e. The van der Waals surface area contributed by atoms with E-state index in [-0.39, 0.29) is 11.8 Å². The van der Waals surface area contributed by atoms with Gasteiger partial charge in [0.25, 0.3) is 0 Å². The first kappa shape index (κ1) is 15.6. The van der Waals surface area contributed by atoms with E-state index in [0.29, 0.717) is 25.4 Å². The highest BCUT2D eigenvalue weighted by molar-refractivity contribution is 7.15. The van der Waals surface area contributed by atoms with E-state index in [1.807, 2.05) is 32.0 Å². The van der Waals surface area contributed by atoms with E-state index in [4.69, 9.17) is 0 Å². The minimum atomic E-state index is 0.102. The van der Waals surface area contributed by atoms with Gasteiger partial charge in [-0.2, -0.15) is 0 Å². The van der Waals surface area contributed by atoms with Gasteiger partial charge in [0.1, 0.15) is 0 Å². The number of likely N-dealkylation sites (tertiary alicyclic amines) is 2. The van der Waals surface area contributed by atoms with E-state index in [1.54, 1.807) is 11.3 Å². The van der Waals surface area contributed by atoms with Crippen molar-refractivity contribution >= 4 is 28.1 Å². The van der Waals surface area contributed by atoms with E-state index in [2.05, 4.69) is 4.98 Å². The average molecular weight is 346 g/mol. The second kappa shape index (κ2) is 6.55. The van der Waals surface area contributed by atoms with Crippen molar-refractivity contribution in [1.29, 1.82) is 0 Å². The Balaban J connectivity index is 1.31. The van der Waals surface area contributed by atoms with Crippen molar-refractivity contribution in [2.24, 2.45) is 5.92 Å².